The van der Waals surface area contributed by atoms with Crippen LogP contribution in [0.2, 0.25) is 0 Å². The number of hydrogen-bond donors (Lipinski definition) is 2. The molecule has 0 aromatic heterocycles. The van der Waals surface area contributed by atoms with Crippen molar-refractivity contribution >= 4 is 11.9 Å². The summed E-state index contributed by atoms with van der Waals surface area (Å²) in [7, 11) is 0. The second kappa shape index (κ2) is 7.35. The number of hydrogen-bond acceptors (Lipinski definition) is 3. The maximum atomic E-state index is 13.5. The SMILES string of the molecule is CCOc1ccc(CCNC(=O)CC(=O)O)cc1F. The van der Waals surface area contributed by atoms with Crippen LogP contribution < -0.4 is 10.1 Å². The molecule has 0 atom stereocenters. The fourth-order valence-electron chi connectivity index (χ4n) is 1.52. The highest BCUT2D eigenvalue weighted by molar-refractivity contribution is 5.93. The number of carbonyl (C=O) groups excluding carboxylic acids is 1. The van der Waals surface area contributed by atoms with Crippen LogP contribution >= 0.6 is 0 Å². The molecule has 0 aliphatic heterocycles. The zero-order chi connectivity index (χ0) is 14.3. The first-order valence-corrected chi connectivity index (χ1v) is 5.92. The van der Waals surface area contributed by atoms with Crippen molar-refractivity contribution < 1.29 is 23.8 Å². The Balaban J connectivity index is 2.43. The summed E-state index contributed by atoms with van der Waals surface area (Å²) in [6, 6.07) is 4.58. The second-order valence-corrected chi connectivity index (χ2v) is 3.87. The molecule has 0 fully saturated rings. The maximum Gasteiger partial charge on any atom is 0.312 e. The van der Waals surface area contributed by atoms with Gasteiger partial charge in [0.1, 0.15) is 6.42 Å². The normalized spacial score (nSPS) is 10.0. The van der Waals surface area contributed by atoms with Gasteiger partial charge in [-0.05, 0) is 31.0 Å². The summed E-state index contributed by atoms with van der Waals surface area (Å²) in [5.74, 6) is -1.99. The number of carbonyl (C=O) groups is 2. The summed E-state index contributed by atoms with van der Waals surface area (Å²) in [6.07, 6.45) is -0.133. The van der Waals surface area contributed by atoms with Crippen LogP contribution in [0.4, 0.5) is 4.39 Å². The molecule has 0 unspecified atom stereocenters. The third-order valence-electron chi connectivity index (χ3n) is 2.34. The number of rotatable bonds is 7. The molecule has 0 aliphatic rings. The average molecular weight is 269 g/mol. The first kappa shape index (κ1) is 14.9. The number of ether oxygens (including phenoxy) is 1. The van der Waals surface area contributed by atoms with E-state index in [1.807, 2.05) is 0 Å². The third kappa shape index (κ3) is 5.37. The topological polar surface area (TPSA) is 75.6 Å². The van der Waals surface area contributed by atoms with Crippen LogP contribution in [0.5, 0.6) is 5.75 Å². The Kier molecular flexibility index (Phi) is 5.78. The Bertz CT molecular complexity index is 462. The highest BCUT2D eigenvalue weighted by Crippen LogP contribution is 2.18. The third-order valence-corrected chi connectivity index (χ3v) is 2.34. The van der Waals surface area contributed by atoms with Crippen LogP contribution in [0, 0.1) is 5.82 Å². The van der Waals surface area contributed by atoms with Gasteiger partial charge >= 0.3 is 5.97 Å². The van der Waals surface area contributed by atoms with E-state index >= 15 is 0 Å². The molecule has 0 heterocycles. The summed E-state index contributed by atoms with van der Waals surface area (Å²) in [5, 5.41) is 10.8. The van der Waals surface area contributed by atoms with Crippen LogP contribution in [0.15, 0.2) is 18.2 Å². The predicted octanol–water partition coefficient (Wildman–Crippen LogP) is 1.36. The molecular formula is C13H16FNO4. The van der Waals surface area contributed by atoms with E-state index in [2.05, 4.69) is 5.32 Å². The molecule has 104 valence electrons. The monoisotopic (exact) mass is 269 g/mol. The Labute approximate surface area is 110 Å². The van der Waals surface area contributed by atoms with E-state index in [4.69, 9.17) is 9.84 Å². The number of aliphatic carboxylic acids is 1. The molecule has 6 heteroatoms. The van der Waals surface area contributed by atoms with Crippen LogP contribution in [0.1, 0.15) is 18.9 Å². The lowest BCUT2D eigenvalue weighted by Crippen LogP contribution is -2.27. The van der Waals surface area contributed by atoms with E-state index in [9.17, 15) is 14.0 Å². The van der Waals surface area contributed by atoms with Crippen molar-refractivity contribution in [1.82, 2.24) is 5.32 Å². The van der Waals surface area contributed by atoms with Crippen LogP contribution in [0.3, 0.4) is 0 Å². The Morgan fingerprint density at radius 2 is 2.16 bits per heavy atom. The van der Waals surface area contributed by atoms with E-state index in [-0.39, 0.29) is 12.3 Å². The van der Waals surface area contributed by atoms with Gasteiger partial charge in [-0.25, -0.2) is 4.39 Å². The van der Waals surface area contributed by atoms with Gasteiger partial charge < -0.3 is 15.2 Å². The molecule has 5 nitrogen and oxygen atoms in total. The van der Waals surface area contributed by atoms with Crippen molar-refractivity contribution in [2.75, 3.05) is 13.2 Å². The van der Waals surface area contributed by atoms with Gasteiger partial charge in [-0.15, -0.1) is 0 Å². The highest BCUT2D eigenvalue weighted by atomic mass is 19.1. The highest BCUT2D eigenvalue weighted by Gasteiger charge is 2.07. The number of benzene rings is 1. The molecular weight excluding hydrogens is 253 g/mol. The minimum atomic E-state index is -1.18. The van der Waals surface area contributed by atoms with Crippen molar-refractivity contribution in [2.24, 2.45) is 0 Å². The smallest absolute Gasteiger partial charge is 0.312 e. The lowest BCUT2D eigenvalue weighted by Gasteiger charge is -2.07. The van der Waals surface area contributed by atoms with E-state index in [0.29, 0.717) is 18.6 Å². The minimum absolute atomic E-state index is 0.196. The Morgan fingerprint density at radius 3 is 2.74 bits per heavy atom. The Morgan fingerprint density at radius 1 is 1.42 bits per heavy atom. The summed E-state index contributed by atoms with van der Waals surface area (Å²) in [6.45, 7) is 2.42. The van der Waals surface area contributed by atoms with Crippen molar-refractivity contribution in [3.63, 3.8) is 0 Å². The molecule has 1 aromatic rings. The minimum Gasteiger partial charge on any atom is -0.491 e. The maximum absolute atomic E-state index is 13.5. The molecule has 1 rings (SSSR count). The number of halogens is 1. The number of carboxylic acid groups (broad SMARTS) is 1. The zero-order valence-electron chi connectivity index (χ0n) is 10.6. The fraction of sp³-hybridized carbons (Fsp3) is 0.385. The van der Waals surface area contributed by atoms with E-state index in [0.717, 1.165) is 0 Å². The lowest BCUT2D eigenvalue weighted by atomic mass is 10.1. The molecule has 1 amide bonds. The number of carboxylic acids is 1. The summed E-state index contributed by atoms with van der Waals surface area (Å²) in [5.41, 5.74) is 0.705. The summed E-state index contributed by atoms with van der Waals surface area (Å²) >= 11 is 0. The zero-order valence-corrected chi connectivity index (χ0v) is 10.6. The van der Waals surface area contributed by atoms with Gasteiger partial charge in [0, 0.05) is 6.54 Å². The largest absolute Gasteiger partial charge is 0.491 e. The molecule has 0 bridgehead atoms. The summed E-state index contributed by atoms with van der Waals surface area (Å²) < 4.78 is 18.6. The van der Waals surface area contributed by atoms with Gasteiger partial charge in [0.25, 0.3) is 0 Å². The number of nitrogens with one attached hydrogen (secondary N) is 1. The van der Waals surface area contributed by atoms with E-state index in [1.165, 1.54) is 12.1 Å². The van der Waals surface area contributed by atoms with E-state index in [1.54, 1.807) is 13.0 Å². The molecule has 0 saturated carbocycles. The van der Waals surface area contributed by atoms with Gasteiger partial charge in [-0.1, -0.05) is 6.07 Å². The Hall–Kier alpha value is -2.11. The lowest BCUT2D eigenvalue weighted by molar-refractivity contribution is -0.140. The molecule has 1 aromatic carbocycles. The fourth-order valence-corrected chi connectivity index (χ4v) is 1.52. The molecule has 2 N–H and O–H groups in total. The molecule has 0 radical (unpaired) electrons. The van der Waals surface area contributed by atoms with Crippen molar-refractivity contribution in [2.45, 2.75) is 19.8 Å². The molecule has 0 spiro atoms. The van der Waals surface area contributed by atoms with Gasteiger partial charge in [-0.2, -0.15) is 0 Å². The van der Waals surface area contributed by atoms with E-state index < -0.39 is 24.1 Å². The van der Waals surface area contributed by atoms with Crippen LogP contribution in [-0.4, -0.2) is 30.1 Å². The van der Waals surface area contributed by atoms with Crippen molar-refractivity contribution in [3.8, 4) is 5.75 Å². The molecule has 0 aliphatic carbocycles. The van der Waals surface area contributed by atoms with Crippen LogP contribution in [0.25, 0.3) is 0 Å². The quantitative estimate of drug-likeness (QED) is 0.733. The second-order valence-electron chi connectivity index (χ2n) is 3.87. The van der Waals surface area contributed by atoms with Gasteiger partial charge in [0.05, 0.1) is 6.61 Å². The standard InChI is InChI=1S/C13H16FNO4/c1-2-19-11-4-3-9(7-10(11)14)5-6-15-12(16)8-13(17)18/h3-4,7H,2,5-6,8H2,1H3,(H,15,16)(H,17,18). The van der Waals surface area contributed by atoms with Crippen molar-refractivity contribution in [3.05, 3.63) is 29.6 Å². The van der Waals surface area contributed by atoms with Gasteiger partial charge in [-0.3, -0.25) is 9.59 Å². The van der Waals surface area contributed by atoms with Gasteiger partial charge in [0.2, 0.25) is 5.91 Å². The summed E-state index contributed by atoms with van der Waals surface area (Å²) in [4.78, 5) is 21.3. The van der Waals surface area contributed by atoms with Crippen LogP contribution in [-0.2, 0) is 16.0 Å². The average Bonchev–Trinajstić information content (AvgIpc) is 2.32. The van der Waals surface area contributed by atoms with Crippen molar-refractivity contribution in [1.29, 1.82) is 0 Å². The van der Waals surface area contributed by atoms with Gasteiger partial charge in [0.15, 0.2) is 11.6 Å². The predicted molar refractivity (Wildman–Crippen MR) is 66.5 cm³/mol. The first-order chi connectivity index (χ1) is 9.02. The molecule has 19 heavy (non-hydrogen) atoms. The molecule has 0 saturated heterocycles. The number of amides is 1. The first-order valence-electron chi connectivity index (χ1n) is 5.92.